The average molecular weight is 643 g/mol. The van der Waals surface area contributed by atoms with Crippen LogP contribution in [0.25, 0.3) is 72.4 Å². The fourth-order valence-electron chi connectivity index (χ4n) is 9.85. The Morgan fingerprint density at radius 3 is 1.60 bits per heavy atom. The van der Waals surface area contributed by atoms with Gasteiger partial charge in [0, 0.05) is 44.1 Å². The molecule has 0 atom stereocenters. The smallest absolute Gasteiger partial charge is 0.0544 e. The van der Waals surface area contributed by atoms with Crippen LogP contribution in [0.2, 0.25) is 0 Å². The summed E-state index contributed by atoms with van der Waals surface area (Å²) in [5, 5.41) is 4.02. The maximum absolute atomic E-state index is 2.57. The molecule has 0 fully saturated rings. The molecular formula is C48H38N2. The number of fused-ring (bicyclic) bond motifs is 12. The topological polar surface area (TPSA) is 9.86 Å². The third-order valence-electron chi connectivity index (χ3n) is 12.4. The van der Waals surface area contributed by atoms with Crippen LogP contribution in [0.4, 0.5) is 0 Å². The Hall–Kier alpha value is -5.60. The van der Waals surface area contributed by atoms with Gasteiger partial charge in [-0.3, -0.25) is 0 Å². The molecule has 0 spiro atoms. The summed E-state index contributed by atoms with van der Waals surface area (Å²) in [5.74, 6) is 0. The highest BCUT2D eigenvalue weighted by Crippen LogP contribution is 2.58. The standard InChI is InChI=1S/C48H38N2/c1-47(2)39-25-36-34-24-38-32-20-12-14-22-44(32)50(30-17-9-6-10-18-30)46(38)28-42(34)48(3,4)40(36)26-35(39)33-23-37-31-19-11-13-21-43(31)49(45(37)27-41(33)47)29-15-7-5-8-16-29/h5-11,13-19,21-28H,12,20H2,1-4H3. The van der Waals surface area contributed by atoms with Crippen molar-refractivity contribution in [2.75, 3.05) is 0 Å². The number of benzene rings is 6. The van der Waals surface area contributed by atoms with E-state index < -0.39 is 0 Å². The lowest BCUT2D eigenvalue weighted by atomic mass is 9.79. The van der Waals surface area contributed by atoms with E-state index in [1.807, 2.05) is 0 Å². The quantitative estimate of drug-likeness (QED) is 0.178. The molecule has 0 N–H and O–H groups in total. The fraction of sp³-hybridized carbons (Fsp3) is 0.167. The lowest BCUT2D eigenvalue weighted by molar-refractivity contribution is 0.652. The van der Waals surface area contributed by atoms with E-state index in [9.17, 15) is 0 Å². The zero-order valence-corrected chi connectivity index (χ0v) is 29.0. The molecule has 3 aliphatic carbocycles. The number of nitrogens with zero attached hydrogens (tertiary/aromatic N) is 2. The summed E-state index contributed by atoms with van der Waals surface area (Å²) < 4.78 is 4.95. The molecule has 2 heterocycles. The van der Waals surface area contributed by atoms with Crippen molar-refractivity contribution >= 4 is 38.8 Å². The first-order valence-electron chi connectivity index (χ1n) is 18.1. The zero-order valence-electron chi connectivity index (χ0n) is 29.0. The second kappa shape index (κ2) is 9.55. The van der Waals surface area contributed by atoms with E-state index in [4.69, 9.17) is 0 Å². The second-order valence-corrected chi connectivity index (χ2v) is 15.7. The Labute approximate surface area is 292 Å². The molecule has 0 aliphatic heterocycles. The van der Waals surface area contributed by atoms with E-state index in [1.54, 1.807) is 0 Å². The molecule has 240 valence electrons. The van der Waals surface area contributed by atoms with Gasteiger partial charge in [0.25, 0.3) is 0 Å². The fourth-order valence-corrected chi connectivity index (χ4v) is 9.85. The minimum absolute atomic E-state index is 0.129. The van der Waals surface area contributed by atoms with Gasteiger partial charge in [-0.05, 0) is 136 Å². The highest BCUT2D eigenvalue weighted by molar-refractivity contribution is 6.12. The molecular weight excluding hydrogens is 605 g/mol. The highest BCUT2D eigenvalue weighted by atomic mass is 15.0. The molecule has 0 bridgehead atoms. The van der Waals surface area contributed by atoms with Gasteiger partial charge in [-0.15, -0.1) is 0 Å². The van der Waals surface area contributed by atoms with Gasteiger partial charge in [-0.2, -0.15) is 0 Å². The largest absolute Gasteiger partial charge is 0.310 e. The van der Waals surface area contributed by atoms with E-state index in [0.29, 0.717) is 0 Å². The number of aromatic nitrogens is 2. The molecule has 2 aromatic heterocycles. The number of para-hydroxylation sites is 3. The zero-order chi connectivity index (χ0) is 33.5. The van der Waals surface area contributed by atoms with Crippen LogP contribution in [0, 0.1) is 0 Å². The lowest BCUT2D eigenvalue weighted by Crippen LogP contribution is -2.17. The van der Waals surface area contributed by atoms with Crippen LogP contribution in [-0.2, 0) is 17.3 Å². The third-order valence-corrected chi connectivity index (χ3v) is 12.4. The summed E-state index contributed by atoms with van der Waals surface area (Å²) in [6, 6.07) is 45.8. The van der Waals surface area contributed by atoms with E-state index in [0.717, 1.165) is 12.8 Å². The molecule has 8 aromatic rings. The first kappa shape index (κ1) is 28.3. The Morgan fingerprint density at radius 2 is 0.960 bits per heavy atom. The van der Waals surface area contributed by atoms with E-state index in [1.165, 1.54) is 99.8 Å². The van der Waals surface area contributed by atoms with Gasteiger partial charge < -0.3 is 9.13 Å². The van der Waals surface area contributed by atoms with Crippen molar-refractivity contribution in [2.45, 2.75) is 51.4 Å². The molecule has 11 rings (SSSR count). The van der Waals surface area contributed by atoms with Crippen LogP contribution in [0.5, 0.6) is 0 Å². The summed E-state index contributed by atoms with van der Waals surface area (Å²) in [5.41, 5.74) is 20.1. The van der Waals surface area contributed by atoms with Crippen molar-refractivity contribution in [1.82, 2.24) is 9.13 Å². The summed E-state index contributed by atoms with van der Waals surface area (Å²) >= 11 is 0. The van der Waals surface area contributed by atoms with Gasteiger partial charge in [-0.25, -0.2) is 0 Å². The summed E-state index contributed by atoms with van der Waals surface area (Å²) in [4.78, 5) is 0. The number of allylic oxidation sites excluding steroid dienone is 1. The van der Waals surface area contributed by atoms with Gasteiger partial charge in [0.2, 0.25) is 0 Å². The molecule has 0 radical (unpaired) electrons. The maximum atomic E-state index is 2.57. The number of rotatable bonds is 2. The second-order valence-electron chi connectivity index (χ2n) is 15.7. The first-order chi connectivity index (χ1) is 24.3. The molecule has 0 amide bonds. The number of aryl methyl sites for hydroxylation is 1. The van der Waals surface area contributed by atoms with Crippen molar-refractivity contribution in [1.29, 1.82) is 0 Å². The Kier molecular flexibility index (Phi) is 5.40. The van der Waals surface area contributed by atoms with Crippen molar-refractivity contribution in [3.8, 4) is 33.6 Å². The van der Waals surface area contributed by atoms with Crippen LogP contribution in [-0.4, -0.2) is 9.13 Å². The van der Waals surface area contributed by atoms with Gasteiger partial charge in [-0.1, -0.05) is 88.4 Å². The molecule has 2 heteroatoms. The number of hydrogen-bond donors (Lipinski definition) is 0. The lowest BCUT2D eigenvalue weighted by Gasteiger charge is -2.24. The van der Waals surface area contributed by atoms with Gasteiger partial charge in [0.05, 0.1) is 16.6 Å². The molecule has 6 aromatic carbocycles. The Balaban J connectivity index is 1.15. The summed E-state index contributed by atoms with van der Waals surface area (Å²) in [7, 11) is 0. The summed E-state index contributed by atoms with van der Waals surface area (Å²) in [6.07, 6.45) is 6.86. The van der Waals surface area contributed by atoms with Gasteiger partial charge in [0.1, 0.15) is 0 Å². The average Bonchev–Trinajstić information content (AvgIpc) is 3.79. The first-order valence-corrected chi connectivity index (χ1v) is 18.1. The van der Waals surface area contributed by atoms with E-state index in [2.05, 4.69) is 170 Å². The number of hydrogen-bond acceptors (Lipinski definition) is 0. The van der Waals surface area contributed by atoms with Crippen LogP contribution in [0.15, 0.2) is 127 Å². The van der Waals surface area contributed by atoms with E-state index >= 15 is 0 Å². The minimum Gasteiger partial charge on any atom is -0.310 e. The van der Waals surface area contributed by atoms with Crippen molar-refractivity contribution < 1.29 is 0 Å². The highest BCUT2D eigenvalue weighted by Gasteiger charge is 2.42. The van der Waals surface area contributed by atoms with Crippen LogP contribution in [0.1, 0.15) is 67.6 Å². The third kappa shape index (κ3) is 3.49. The normalized spacial score (nSPS) is 16.1. The predicted octanol–water partition coefficient (Wildman–Crippen LogP) is 12.3. The monoisotopic (exact) mass is 642 g/mol. The molecule has 0 saturated carbocycles. The van der Waals surface area contributed by atoms with Crippen LogP contribution >= 0.6 is 0 Å². The van der Waals surface area contributed by atoms with Gasteiger partial charge >= 0.3 is 0 Å². The van der Waals surface area contributed by atoms with Crippen LogP contribution in [0.3, 0.4) is 0 Å². The van der Waals surface area contributed by atoms with Crippen molar-refractivity contribution in [3.05, 3.63) is 161 Å². The maximum Gasteiger partial charge on any atom is 0.0544 e. The van der Waals surface area contributed by atoms with E-state index in [-0.39, 0.29) is 10.8 Å². The predicted molar refractivity (Wildman–Crippen MR) is 210 cm³/mol. The molecule has 0 saturated heterocycles. The molecule has 50 heavy (non-hydrogen) atoms. The van der Waals surface area contributed by atoms with Gasteiger partial charge in [0.15, 0.2) is 0 Å². The van der Waals surface area contributed by atoms with Crippen LogP contribution < -0.4 is 0 Å². The summed E-state index contributed by atoms with van der Waals surface area (Å²) in [6.45, 7) is 9.73. The Morgan fingerprint density at radius 1 is 0.460 bits per heavy atom. The van der Waals surface area contributed by atoms with Crippen molar-refractivity contribution in [2.24, 2.45) is 0 Å². The molecule has 2 nitrogen and oxygen atoms in total. The Bertz CT molecular complexity index is 2780. The molecule has 0 unspecified atom stereocenters. The van der Waals surface area contributed by atoms with Crippen molar-refractivity contribution in [3.63, 3.8) is 0 Å². The minimum atomic E-state index is -0.135. The molecule has 3 aliphatic rings. The SMILES string of the molecule is CC1(C)c2cc3c(cc2-c2cc4c5c(n(-c6ccccc6)c4cc21)C=CCC5)C(C)(C)c1cc2c(cc1-3)c1ccccc1n2-c1ccccc1.